The van der Waals surface area contributed by atoms with E-state index in [9.17, 15) is 9.59 Å². The van der Waals surface area contributed by atoms with E-state index in [1.807, 2.05) is 0 Å². The van der Waals surface area contributed by atoms with Gasteiger partial charge in [-0.1, -0.05) is 0 Å². The largest absolute Gasteiger partial charge is 0.497 e. The summed E-state index contributed by atoms with van der Waals surface area (Å²) in [6.07, 6.45) is 3.09. The summed E-state index contributed by atoms with van der Waals surface area (Å²) in [5.74, 6) is 1.01. The normalized spacial score (nSPS) is 10.5. The highest BCUT2D eigenvalue weighted by molar-refractivity contribution is 6.02. The maximum absolute atomic E-state index is 12.0. The number of ether oxygens (including phenoxy) is 2. The van der Waals surface area contributed by atoms with Crippen LogP contribution in [-0.4, -0.2) is 25.9 Å². The molecule has 2 aromatic rings. The number of benzene rings is 2. The van der Waals surface area contributed by atoms with Crippen LogP contribution in [0.4, 0.5) is 5.69 Å². The van der Waals surface area contributed by atoms with E-state index in [0.29, 0.717) is 22.7 Å². The smallest absolute Gasteiger partial charge is 0.248 e. The van der Waals surface area contributed by atoms with E-state index in [4.69, 9.17) is 9.47 Å². The molecule has 1 N–H and O–H groups in total. The van der Waals surface area contributed by atoms with Crippen LogP contribution in [0.1, 0.15) is 22.8 Å². The molecule has 0 bridgehead atoms. The Labute approximate surface area is 140 Å². The summed E-state index contributed by atoms with van der Waals surface area (Å²) in [5.41, 5.74) is 2.01. The molecule has 0 aliphatic rings. The predicted octanol–water partition coefficient (Wildman–Crippen LogP) is 3.56. The topological polar surface area (TPSA) is 64.6 Å². The van der Waals surface area contributed by atoms with Crippen molar-refractivity contribution in [3.05, 3.63) is 59.7 Å². The van der Waals surface area contributed by atoms with E-state index in [0.717, 1.165) is 5.56 Å². The van der Waals surface area contributed by atoms with E-state index >= 15 is 0 Å². The van der Waals surface area contributed by atoms with Crippen molar-refractivity contribution < 1.29 is 19.1 Å². The van der Waals surface area contributed by atoms with Gasteiger partial charge in [0.15, 0.2) is 5.78 Å². The van der Waals surface area contributed by atoms with E-state index in [1.54, 1.807) is 62.8 Å². The minimum atomic E-state index is -0.271. The third kappa shape index (κ3) is 4.71. The van der Waals surface area contributed by atoms with E-state index in [1.165, 1.54) is 13.0 Å². The molecule has 24 heavy (non-hydrogen) atoms. The molecule has 0 aliphatic heterocycles. The summed E-state index contributed by atoms with van der Waals surface area (Å²) in [7, 11) is 3.14. The number of hydrogen-bond donors (Lipinski definition) is 1. The quantitative estimate of drug-likeness (QED) is 0.651. The molecule has 2 aromatic carbocycles. The van der Waals surface area contributed by atoms with Crippen LogP contribution < -0.4 is 14.8 Å². The average molecular weight is 325 g/mol. The van der Waals surface area contributed by atoms with Crippen LogP contribution in [0.2, 0.25) is 0 Å². The molecule has 0 unspecified atom stereocenters. The molecule has 0 saturated carbocycles. The number of amides is 1. The average Bonchev–Trinajstić information content (AvgIpc) is 2.60. The lowest BCUT2D eigenvalue weighted by Gasteiger charge is -2.06. The Hall–Kier alpha value is -3.08. The van der Waals surface area contributed by atoms with Crippen molar-refractivity contribution in [1.82, 2.24) is 0 Å². The number of carbonyl (C=O) groups excluding carboxylic acids is 2. The molecule has 0 heterocycles. The summed E-state index contributed by atoms with van der Waals surface area (Å²) < 4.78 is 10.4. The molecule has 0 radical (unpaired) electrons. The van der Waals surface area contributed by atoms with Gasteiger partial charge in [0.2, 0.25) is 5.91 Å². The molecule has 0 aromatic heterocycles. The number of anilines is 1. The van der Waals surface area contributed by atoms with E-state index < -0.39 is 0 Å². The Kier molecular flexibility index (Phi) is 5.73. The Balaban J connectivity index is 2.06. The first-order chi connectivity index (χ1) is 11.5. The van der Waals surface area contributed by atoms with Crippen LogP contribution in [0.15, 0.2) is 48.5 Å². The molecule has 2 rings (SSSR count). The van der Waals surface area contributed by atoms with Gasteiger partial charge in [0, 0.05) is 23.4 Å². The summed E-state index contributed by atoms with van der Waals surface area (Å²) in [6, 6.07) is 12.1. The van der Waals surface area contributed by atoms with Crippen molar-refractivity contribution in [3.8, 4) is 11.5 Å². The summed E-state index contributed by atoms with van der Waals surface area (Å²) in [6.45, 7) is 1.50. The van der Waals surface area contributed by atoms with Crippen molar-refractivity contribution in [1.29, 1.82) is 0 Å². The molecule has 0 saturated heterocycles. The number of Topliss-reactive ketones (excluding diaryl/α,β-unsaturated/α-hetero) is 1. The number of hydrogen-bond acceptors (Lipinski definition) is 4. The molecular formula is C19H19NO4. The highest BCUT2D eigenvalue weighted by atomic mass is 16.5. The summed E-state index contributed by atoms with van der Waals surface area (Å²) in [5, 5.41) is 2.74. The maximum Gasteiger partial charge on any atom is 0.248 e. The summed E-state index contributed by atoms with van der Waals surface area (Å²) >= 11 is 0. The van der Waals surface area contributed by atoms with Crippen LogP contribution in [0.3, 0.4) is 0 Å². The van der Waals surface area contributed by atoms with Gasteiger partial charge in [0.25, 0.3) is 0 Å². The van der Waals surface area contributed by atoms with Crippen LogP contribution in [0, 0.1) is 0 Å². The lowest BCUT2D eigenvalue weighted by atomic mass is 10.1. The molecule has 0 aliphatic carbocycles. The van der Waals surface area contributed by atoms with Crippen LogP contribution in [0.5, 0.6) is 11.5 Å². The van der Waals surface area contributed by atoms with Gasteiger partial charge in [-0.25, -0.2) is 0 Å². The molecule has 124 valence electrons. The second-order valence-electron chi connectivity index (χ2n) is 5.10. The van der Waals surface area contributed by atoms with Gasteiger partial charge in [-0.05, 0) is 55.0 Å². The van der Waals surface area contributed by atoms with Crippen LogP contribution >= 0.6 is 0 Å². The van der Waals surface area contributed by atoms with E-state index in [2.05, 4.69) is 5.32 Å². The fraction of sp³-hybridized carbons (Fsp3) is 0.158. The van der Waals surface area contributed by atoms with Crippen molar-refractivity contribution in [2.75, 3.05) is 19.5 Å². The predicted molar refractivity (Wildman–Crippen MR) is 93.7 cm³/mol. The van der Waals surface area contributed by atoms with Gasteiger partial charge in [-0.3, -0.25) is 9.59 Å². The van der Waals surface area contributed by atoms with Gasteiger partial charge in [-0.2, -0.15) is 0 Å². The van der Waals surface area contributed by atoms with Crippen LogP contribution in [0.25, 0.3) is 6.08 Å². The van der Waals surface area contributed by atoms with Gasteiger partial charge in [0.1, 0.15) is 11.5 Å². The zero-order chi connectivity index (χ0) is 17.5. The Morgan fingerprint density at radius 3 is 2.04 bits per heavy atom. The summed E-state index contributed by atoms with van der Waals surface area (Å²) in [4.78, 5) is 23.2. The van der Waals surface area contributed by atoms with Crippen molar-refractivity contribution in [2.45, 2.75) is 6.92 Å². The van der Waals surface area contributed by atoms with Gasteiger partial charge in [-0.15, -0.1) is 0 Å². The van der Waals surface area contributed by atoms with Gasteiger partial charge in [0.05, 0.1) is 14.2 Å². The van der Waals surface area contributed by atoms with E-state index in [-0.39, 0.29) is 11.7 Å². The van der Waals surface area contributed by atoms with Crippen molar-refractivity contribution in [3.63, 3.8) is 0 Å². The zero-order valence-corrected chi connectivity index (χ0v) is 13.8. The molecule has 5 nitrogen and oxygen atoms in total. The monoisotopic (exact) mass is 325 g/mol. The maximum atomic E-state index is 12.0. The molecule has 5 heteroatoms. The highest BCUT2D eigenvalue weighted by Gasteiger charge is 2.03. The van der Waals surface area contributed by atoms with Gasteiger partial charge < -0.3 is 14.8 Å². The Bertz CT molecular complexity index is 741. The highest BCUT2D eigenvalue weighted by Crippen LogP contribution is 2.23. The lowest BCUT2D eigenvalue weighted by molar-refractivity contribution is -0.111. The number of ketones is 1. The lowest BCUT2D eigenvalue weighted by Crippen LogP contribution is -2.07. The molecule has 1 amide bonds. The molecule has 0 atom stereocenters. The standard InChI is InChI=1S/C19H19NO4/c1-13(21)15-5-7-16(8-6-15)20-19(22)9-4-14-10-17(23-2)12-18(11-14)24-3/h4-12H,1-3H3,(H,20,22)/b9-4+. The molecule has 0 fully saturated rings. The number of nitrogens with one attached hydrogen (secondary N) is 1. The zero-order valence-electron chi connectivity index (χ0n) is 13.8. The van der Waals surface area contributed by atoms with Crippen LogP contribution in [-0.2, 0) is 4.79 Å². The van der Waals surface area contributed by atoms with Gasteiger partial charge >= 0.3 is 0 Å². The Morgan fingerprint density at radius 1 is 0.958 bits per heavy atom. The number of carbonyl (C=O) groups is 2. The SMILES string of the molecule is COc1cc(/C=C/C(=O)Nc2ccc(C(C)=O)cc2)cc(OC)c1. The third-order valence-electron chi connectivity index (χ3n) is 3.36. The first-order valence-corrected chi connectivity index (χ1v) is 7.35. The molecular weight excluding hydrogens is 306 g/mol. The fourth-order valence-electron chi connectivity index (χ4n) is 2.07. The minimum absolute atomic E-state index is 0.0141. The third-order valence-corrected chi connectivity index (χ3v) is 3.36. The second-order valence-corrected chi connectivity index (χ2v) is 5.10. The Morgan fingerprint density at radius 2 is 1.54 bits per heavy atom. The molecule has 0 spiro atoms. The van der Waals surface area contributed by atoms with Crippen molar-refractivity contribution in [2.24, 2.45) is 0 Å². The fourth-order valence-corrected chi connectivity index (χ4v) is 2.07. The number of rotatable bonds is 6. The first-order valence-electron chi connectivity index (χ1n) is 7.35. The number of methoxy groups -OCH3 is 2. The first kappa shape index (κ1) is 17.3. The second kappa shape index (κ2) is 7.97. The minimum Gasteiger partial charge on any atom is -0.497 e. The van der Waals surface area contributed by atoms with Crippen molar-refractivity contribution >= 4 is 23.5 Å².